The van der Waals surface area contributed by atoms with Crippen LogP contribution >= 0.6 is 0 Å². The number of aromatic nitrogens is 1. The van der Waals surface area contributed by atoms with E-state index in [-0.39, 0.29) is 34.8 Å². The van der Waals surface area contributed by atoms with E-state index in [9.17, 15) is 9.59 Å². The Kier molecular flexibility index (Phi) is 6.24. The van der Waals surface area contributed by atoms with E-state index < -0.39 is 0 Å². The highest BCUT2D eigenvalue weighted by molar-refractivity contribution is 5.94. The molecule has 1 aliphatic heterocycles. The Balaban J connectivity index is 1.68. The Bertz CT molecular complexity index is 925. The van der Waals surface area contributed by atoms with Crippen molar-refractivity contribution in [1.82, 2.24) is 15.2 Å². The van der Waals surface area contributed by atoms with Crippen LogP contribution in [0.15, 0.2) is 41.2 Å². The number of morpholine rings is 1. The van der Waals surface area contributed by atoms with E-state index in [0.717, 1.165) is 24.2 Å². The third kappa shape index (κ3) is 5.14. The molecule has 1 aliphatic rings. The number of carbonyl (C=O) groups excluding carboxylic acids is 1. The van der Waals surface area contributed by atoms with Crippen LogP contribution < -0.4 is 10.9 Å². The molecule has 0 bridgehead atoms. The lowest BCUT2D eigenvalue weighted by molar-refractivity contribution is -0.0948. The summed E-state index contributed by atoms with van der Waals surface area (Å²) in [6, 6.07) is 11.3. The number of carbonyl (C=O) groups is 1. The number of nitrogens with one attached hydrogen (secondary N) is 2. The minimum Gasteiger partial charge on any atom is -0.373 e. The summed E-state index contributed by atoms with van der Waals surface area (Å²) in [5.41, 5.74) is 2.24. The summed E-state index contributed by atoms with van der Waals surface area (Å²) < 4.78 is 5.80. The highest BCUT2D eigenvalue weighted by Crippen LogP contribution is 2.21. The molecule has 0 radical (unpaired) electrons. The first kappa shape index (κ1) is 21.3. The number of H-pyrrole nitrogens is 1. The molecule has 1 aromatic carbocycles. The summed E-state index contributed by atoms with van der Waals surface area (Å²) in [6.45, 7) is 12.4. The zero-order chi connectivity index (χ0) is 21.2. The quantitative estimate of drug-likeness (QED) is 0.813. The maximum absolute atomic E-state index is 12.7. The predicted octanol–water partition coefficient (Wildman–Crippen LogP) is 2.97. The number of nitrogens with zero attached hydrogens (tertiary/aromatic N) is 1. The lowest BCUT2D eigenvalue weighted by Gasteiger charge is -2.45. The van der Waals surface area contributed by atoms with Crippen LogP contribution in [0.25, 0.3) is 11.3 Å². The van der Waals surface area contributed by atoms with Crippen molar-refractivity contribution in [2.45, 2.75) is 52.4 Å². The van der Waals surface area contributed by atoms with Crippen molar-refractivity contribution in [1.29, 1.82) is 0 Å². The number of pyridine rings is 1. The van der Waals surface area contributed by atoms with Gasteiger partial charge < -0.3 is 15.0 Å². The summed E-state index contributed by atoms with van der Waals surface area (Å²) in [5.74, 6) is -0.357. The molecule has 6 nitrogen and oxygen atoms in total. The van der Waals surface area contributed by atoms with E-state index >= 15 is 0 Å². The molecule has 2 heterocycles. The summed E-state index contributed by atoms with van der Waals surface area (Å²) in [5, 5.41) is 2.93. The molecular weight excluding hydrogens is 366 g/mol. The molecule has 6 heteroatoms. The Morgan fingerprint density at radius 3 is 2.52 bits per heavy atom. The van der Waals surface area contributed by atoms with Gasteiger partial charge in [-0.2, -0.15) is 0 Å². The number of hydrogen-bond acceptors (Lipinski definition) is 4. The van der Waals surface area contributed by atoms with E-state index in [0.29, 0.717) is 12.2 Å². The predicted molar refractivity (Wildman–Crippen MR) is 115 cm³/mol. The Labute approximate surface area is 172 Å². The van der Waals surface area contributed by atoms with Gasteiger partial charge in [-0.3, -0.25) is 14.5 Å². The van der Waals surface area contributed by atoms with E-state index in [4.69, 9.17) is 4.74 Å². The van der Waals surface area contributed by atoms with Crippen LogP contribution in [-0.2, 0) is 4.74 Å². The smallest absolute Gasteiger partial charge is 0.261 e. The Hall–Kier alpha value is -2.44. The maximum Gasteiger partial charge on any atom is 0.261 e. The molecule has 1 aromatic heterocycles. The second-order valence-corrected chi connectivity index (χ2v) is 8.64. The number of benzene rings is 1. The molecule has 29 heavy (non-hydrogen) atoms. The first-order valence-electron chi connectivity index (χ1n) is 10.1. The van der Waals surface area contributed by atoms with Crippen LogP contribution in [-0.4, -0.2) is 53.2 Å². The lowest BCUT2D eigenvalue weighted by Crippen LogP contribution is -2.58. The molecule has 1 saturated heterocycles. The molecule has 2 atom stereocenters. The molecule has 1 fully saturated rings. The first-order chi connectivity index (χ1) is 13.7. The fourth-order valence-corrected chi connectivity index (χ4v) is 3.81. The van der Waals surface area contributed by atoms with Crippen molar-refractivity contribution >= 4 is 5.91 Å². The standard InChI is InChI=1S/C23H31N3O3/c1-15-7-6-8-18(11-15)20-10-9-19(22(28)25-20)21(27)24-14-23(4,5)26-12-16(2)29-17(3)13-26/h6-11,16-17H,12-14H2,1-5H3,(H,24,27)(H,25,28). The third-order valence-electron chi connectivity index (χ3n) is 5.44. The molecule has 0 saturated carbocycles. The SMILES string of the molecule is Cc1cccc(-c2ccc(C(=O)NCC(C)(C)N3CC(C)OC(C)C3)c(=O)[nH]2)c1. The van der Waals surface area contributed by atoms with E-state index in [1.807, 2.05) is 31.2 Å². The van der Waals surface area contributed by atoms with Crippen molar-refractivity contribution in [3.05, 3.63) is 57.9 Å². The molecule has 156 valence electrons. The van der Waals surface area contributed by atoms with E-state index in [1.165, 1.54) is 0 Å². The first-order valence-corrected chi connectivity index (χ1v) is 10.1. The van der Waals surface area contributed by atoms with Crippen molar-refractivity contribution in [2.75, 3.05) is 19.6 Å². The second kappa shape index (κ2) is 8.51. The zero-order valence-electron chi connectivity index (χ0n) is 17.9. The minimum absolute atomic E-state index is 0.126. The molecule has 2 unspecified atom stereocenters. The van der Waals surface area contributed by atoms with Crippen LogP contribution in [0.5, 0.6) is 0 Å². The van der Waals surface area contributed by atoms with Crippen molar-refractivity contribution in [3.63, 3.8) is 0 Å². The fourth-order valence-electron chi connectivity index (χ4n) is 3.81. The van der Waals surface area contributed by atoms with Gasteiger partial charge in [0.25, 0.3) is 11.5 Å². The van der Waals surface area contributed by atoms with Gasteiger partial charge in [0.15, 0.2) is 0 Å². The van der Waals surface area contributed by atoms with Gasteiger partial charge in [-0.1, -0.05) is 23.8 Å². The van der Waals surface area contributed by atoms with Crippen molar-refractivity contribution in [3.8, 4) is 11.3 Å². The monoisotopic (exact) mass is 397 g/mol. The van der Waals surface area contributed by atoms with Crippen LogP contribution in [0.3, 0.4) is 0 Å². The third-order valence-corrected chi connectivity index (χ3v) is 5.44. The number of aromatic amines is 1. The number of ether oxygens (including phenoxy) is 1. The zero-order valence-corrected chi connectivity index (χ0v) is 17.9. The van der Waals surface area contributed by atoms with Gasteiger partial charge in [0.2, 0.25) is 0 Å². The molecule has 0 spiro atoms. The average molecular weight is 398 g/mol. The summed E-state index contributed by atoms with van der Waals surface area (Å²) in [7, 11) is 0. The number of hydrogen-bond donors (Lipinski definition) is 2. The van der Waals surface area contributed by atoms with Gasteiger partial charge >= 0.3 is 0 Å². The Morgan fingerprint density at radius 1 is 1.21 bits per heavy atom. The van der Waals surface area contributed by atoms with Gasteiger partial charge in [0.05, 0.1) is 12.2 Å². The summed E-state index contributed by atoms with van der Waals surface area (Å²) in [4.78, 5) is 30.3. The lowest BCUT2D eigenvalue weighted by atomic mass is 10.00. The molecule has 1 amide bonds. The largest absolute Gasteiger partial charge is 0.373 e. The van der Waals surface area contributed by atoms with Crippen LogP contribution in [0.4, 0.5) is 0 Å². The number of aryl methyl sites for hydroxylation is 1. The van der Waals surface area contributed by atoms with E-state index in [2.05, 4.69) is 42.9 Å². The number of amides is 1. The second-order valence-electron chi connectivity index (χ2n) is 8.64. The van der Waals surface area contributed by atoms with Gasteiger partial charge in [-0.15, -0.1) is 0 Å². The van der Waals surface area contributed by atoms with Gasteiger partial charge in [-0.25, -0.2) is 0 Å². The summed E-state index contributed by atoms with van der Waals surface area (Å²) in [6.07, 6.45) is 0.316. The average Bonchev–Trinajstić information content (AvgIpc) is 2.65. The molecule has 2 aromatic rings. The van der Waals surface area contributed by atoms with Crippen LogP contribution in [0.1, 0.15) is 43.6 Å². The normalized spacial score (nSPS) is 20.4. The summed E-state index contributed by atoms with van der Waals surface area (Å²) >= 11 is 0. The molecule has 2 N–H and O–H groups in total. The maximum atomic E-state index is 12.7. The number of rotatable bonds is 5. The fraction of sp³-hybridized carbons (Fsp3) is 0.478. The minimum atomic E-state index is -0.382. The van der Waals surface area contributed by atoms with E-state index in [1.54, 1.807) is 12.1 Å². The Morgan fingerprint density at radius 2 is 1.90 bits per heavy atom. The molecule has 3 rings (SSSR count). The highest BCUT2D eigenvalue weighted by Gasteiger charge is 2.33. The van der Waals surface area contributed by atoms with Gasteiger partial charge in [0.1, 0.15) is 5.56 Å². The van der Waals surface area contributed by atoms with Crippen molar-refractivity contribution < 1.29 is 9.53 Å². The molecular formula is C23H31N3O3. The van der Waals surface area contributed by atoms with Gasteiger partial charge in [-0.05, 0) is 58.4 Å². The van der Waals surface area contributed by atoms with Crippen LogP contribution in [0.2, 0.25) is 0 Å². The van der Waals surface area contributed by atoms with Crippen molar-refractivity contribution in [2.24, 2.45) is 0 Å². The topological polar surface area (TPSA) is 74.4 Å². The molecule has 0 aliphatic carbocycles. The highest BCUT2D eigenvalue weighted by atomic mass is 16.5. The van der Waals surface area contributed by atoms with Crippen LogP contribution in [0, 0.1) is 6.92 Å². The van der Waals surface area contributed by atoms with Gasteiger partial charge in [0, 0.05) is 30.9 Å².